The summed E-state index contributed by atoms with van der Waals surface area (Å²) in [5, 5.41) is 21.2. The van der Waals surface area contributed by atoms with E-state index in [0.29, 0.717) is 23.5 Å². The third kappa shape index (κ3) is 25.7. The number of rotatable bonds is 4. The summed E-state index contributed by atoms with van der Waals surface area (Å²) < 4.78 is 71.5. The molecule has 0 amide bonds. The van der Waals surface area contributed by atoms with Crippen LogP contribution in [0.2, 0.25) is 0 Å². The van der Waals surface area contributed by atoms with Gasteiger partial charge in [0, 0.05) is 31.4 Å². The van der Waals surface area contributed by atoms with Crippen LogP contribution in [-0.4, -0.2) is 43.8 Å². The van der Waals surface area contributed by atoms with Crippen molar-refractivity contribution in [2.45, 2.75) is 33.1 Å². The molecule has 0 bridgehead atoms. The van der Waals surface area contributed by atoms with Crippen molar-refractivity contribution in [3.8, 4) is 0 Å². The fourth-order valence-corrected chi connectivity index (χ4v) is 2.55. The molecule has 0 spiro atoms. The van der Waals surface area contributed by atoms with Gasteiger partial charge in [-0.15, -0.1) is 0 Å². The number of nitrogens with zero attached hydrogens (tertiary/aromatic N) is 2. The van der Waals surface area contributed by atoms with Gasteiger partial charge in [0.25, 0.3) is 0 Å². The quantitative estimate of drug-likeness (QED) is 0.0889. The van der Waals surface area contributed by atoms with Crippen molar-refractivity contribution in [2.24, 2.45) is 9.98 Å². The molecule has 0 aromatic heterocycles. The molecule has 0 aliphatic heterocycles. The second kappa shape index (κ2) is 24.0. The number of hydrogen-bond donors (Lipinski definition) is 0. The maximum Gasteiger partial charge on any atom is 4.00 e. The van der Waals surface area contributed by atoms with Gasteiger partial charge in [-0.2, -0.15) is 26.3 Å². The molecule has 0 atom stereocenters. The molecule has 3 rings (SSSR count). The van der Waals surface area contributed by atoms with Crippen molar-refractivity contribution in [1.29, 1.82) is 0 Å². The van der Waals surface area contributed by atoms with Crippen LogP contribution >= 0.6 is 7.92 Å². The van der Waals surface area contributed by atoms with Gasteiger partial charge in [0.1, 0.15) is 0 Å². The van der Waals surface area contributed by atoms with E-state index in [2.05, 4.69) is 49.0 Å². The first kappa shape index (κ1) is 46.2. The van der Waals surface area contributed by atoms with E-state index in [4.69, 9.17) is 0 Å². The molecule has 0 aliphatic carbocycles. The molecule has 5 nitrogen and oxygen atoms in total. The second-order valence-corrected chi connectivity index (χ2v) is 12.3. The summed E-state index contributed by atoms with van der Waals surface area (Å²) in [5.74, 6) is -3.80. The van der Waals surface area contributed by atoms with Crippen molar-refractivity contribution in [1.82, 2.24) is 0 Å². The Morgan fingerprint density at radius 2 is 0.844 bits per heavy atom. The van der Waals surface area contributed by atoms with E-state index in [9.17, 15) is 36.6 Å². The molecule has 0 saturated heterocycles. The van der Waals surface area contributed by atoms with Crippen molar-refractivity contribution in [3.63, 3.8) is 0 Å². The smallest absolute Gasteiger partial charge is 2.00 e. The van der Waals surface area contributed by atoms with Gasteiger partial charge in [0.05, 0.1) is 11.4 Å². The Morgan fingerprint density at radius 1 is 0.600 bits per heavy atom. The Balaban J connectivity index is -0.000000572. The average Bonchev–Trinajstić information content (AvgIpc) is 2.89. The van der Waals surface area contributed by atoms with Crippen molar-refractivity contribution in [2.75, 3.05) is 20.0 Å². The van der Waals surface area contributed by atoms with Gasteiger partial charge < -0.3 is 15.7 Å². The summed E-state index contributed by atoms with van der Waals surface area (Å²) >= 11 is 0. The fraction of sp³-hybridized carbons (Fsp3) is 0.250. The number of alkyl halides is 6. The van der Waals surface area contributed by atoms with Crippen LogP contribution in [0.5, 0.6) is 0 Å². The molecule has 244 valence electrons. The van der Waals surface area contributed by atoms with Crippen molar-refractivity contribution < 1.29 is 63.1 Å². The normalized spacial score (nSPS) is 12.1. The van der Waals surface area contributed by atoms with E-state index in [0.717, 1.165) is 0 Å². The zero-order valence-corrected chi connectivity index (χ0v) is 28.6. The third-order valence-corrected chi connectivity index (χ3v) is 4.30. The minimum Gasteiger partial charge on any atom is -2.00 e. The van der Waals surface area contributed by atoms with Crippen LogP contribution in [0.1, 0.15) is 19.4 Å². The number of benzene rings is 3. The minimum absolute atomic E-state index is 0. The van der Waals surface area contributed by atoms with Crippen LogP contribution in [-0.2, 0) is 26.5 Å². The molecular formula is C32H36F6MoN2O3P+. The molecule has 0 saturated carbocycles. The Morgan fingerprint density at radius 3 is 1.04 bits per heavy atom. The minimum atomic E-state index is -4.84. The molecule has 3 aromatic rings. The van der Waals surface area contributed by atoms with E-state index in [-0.39, 0.29) is 45.9 Å². The van der Waals surface area contributed by atoms with Gasteiger partial charge in [-0.25, -0.2) is 0 Å². The molecule has 45 heavy (non-hydrogen) atoms. The predicted octanol–water partition coefficient (Wildman–Crippen LogP) is 8.13. The number of allylic oxidation sites excluding steroid dienone is 4. The first-order valence-corrected chi connectivity index (χ1v) is 15.8. The standard InChI is InChI=1S/2C11H10F3NO.C7H8.C3H9P.Mo.O/c2*1-8(7-10(16)11(12,13)14)15-9-5-3-2-4-6-9;1-7-5-3-2-4-6-7;1-4(2)3;;/h2*2-7,16H,1H3;2-6H,1H3;1-3H3;;/q;;;;+4;-2/p-1/b2*10-7-,15-8?;;;;. The molecule has 0 radical (unpaired) electrons. The third-order valence-electron chi connectivity index (χ3n) is 4.30. The van der Waals surface area contributed by atoms with E-state index in [1.807, 2.05) is 18.2 Å². The molecule has 0 fully saturated rings. The molecule has 3 aromatic carbocycles. The Kier molecular flexibility index (Phi) is 24.7. The van der Waals surface area contributed by atoms with Crippen LogP contribution < -0.4 is 10.2 Å². The van der Waals surface area contributed by atoms with Gasteiger partial charge in [-0.1, -0.05) is 72.3 Å². The van der Waals surface area contributed by atoms with E-state index < -0.39 is 23.9 Å². The largest absolute Gasteiger partial charge is 4.00 e. The van der Waals surface area contributed by atoms with Gasteiger partial charge in [0.2, 0.25) is 0 Å². The van der Waals surface area contributed by atoms with Crippen molar-refractivity contribution >= 4 is 30.7 Å². The first-order valence-electron chi connectivity index (χ1n) is 12.8. The van der Waals surface area contributed by atoms with Crippen LogP contribution in [0.25, 0.3) is 0 Å². The number of aryl methyl sites for hydroxylation is 1. The molecule has 0 N–H and O–H groups in total. The van der Waals surface area contributed by atoms with Crippen LogP contribution in [0, 0.1) is 6.92 Å². The topological polar surface area (TPSA) is 99.3 Å². The number of aliphatic imine (C=N–C) groups is 2. The summed E-state index contributed by atoms with van der Waals surface area (Å²) in [4.78, 5) is 7.71. The maximum absolute atomic E-state index is 11.9. The maximum atomic E-state index is 11.9. The van der Waals surface area contributed by atoms with Crippen LogP contribution in [0.4, 0.5) is 37.7 Å². The van der Waals surface area contributed by atoms with E-state index >= 15 is 0 Å². The summed E-state index contributed by atoms with van der Waals surface area (Å²) in [6.07, 6.45) is -8.72. The monoisotopic (exact) mass is 739 g/mol. The van der Waals surface area contributed by atoms with E-state index in [1.165, 1.54) is 19.4 Å². The molecule has 0 unspecified atom stereocenters. The molecule has 0 aliphatic rings. The summed E-state index contributed by atoms with van der Waals surface area (Å²) in [5.41, 5.74) is 2.38. The predicted molar refractivity (Wildman–Crippen MR) is 165 cm³/mol. The Hall–Kier alpha value is -3.26. The van der Waals surface area contributed by atoms with Gasteiger partial charge in [-0.05, 0) is 76.6 Å². The second-order valence-electron chi connectivity index (χ2n) is 9.34. The molecule has 13 heteroatoms. The summed E-state index contributed by atoms with van der Waals surface area (Å²) in [6, 6.07) is 27.1. The van der Waals surface area contributed by atoms with E-state index in [1.54, 1.807) is 60.7 Å². The van der Waals surface area contributed by atoms with Gasteiger partial charge >= 0.3 is 33.4 Å². The van der Waals surface area contributed by atoms with Gasteiger partial charge in [0.15, 0.2) is 0 Å². The Bertz CT molecular complexity index is 1230. The number of para-hydroxylation sites is 2. The first-order chi connectivity index (χ1) is 19.9. The zero-order valence-electron chi connectivity index (χ0n) is 25.6. The Labute approximate surface area is 276 Å². The molecule has 0 heterocycles. The summed E-state index contributed by atoms with van der Waals surface area (Å²) in [7, 11) is 0.120. The zero-order chi connectivity index (χ0) is 33.1. The fourth-order valence-electron chi connectivity index (χ4n) is 2.55. The summed E-state index contributed by atoms with van der Waals surface area (Å²) in [6.45, 7) is 11.6. The number of hydrogen-bond acceptors (Lipinski definition) is 4. The van der Waals surface area contributed by atoms with Crippen LogP contribution in [0.3, 0.4) is 0 Å². The van der Waals surface area contributed by atoms with Crippen LogP contribution in [0.15, 0.2) is 125 Å². The van der Waals surface area contributed by atoms with Gasteiger partial charge in [-0.3, -0.25) is 9.98 Å². The SMILES string of the molecule is CC(/C=C(\[O-])C(F)(F)F)=Nc1ccccc1.CC(/C=C(\[O-])C(F)(F)F)=Nc1ccccc1.C[PH+](C)C.Cc1ccccc1.[Mo+4].[O-2]. The number of halogens is 6. The molecular weight excluding hydrogens is 701 g/mol. The van der Waals surface area contributed by atoms with Crippen molar-refractivity contribution in [3.05, 3.63) is 120 Å². The average molecular weight is 738 g/mol.